The van der Waals surface area contributed by atoms with Crippen LogP contribution in [-0.2, 0) is 6.54 Å². The van der Waals surface area contributed by atoms with Crippen LogP contribution in [-0.4, -0.2) is 14.8 Å². The molecule has 0 N–H and O–H groups in total. The van der Waals surface area contributed by atoms with Gasteiger partial charge in [0.2, 0.25) is 4.73 Å². The fraction of sp³-hybridized carbons (Fsp3) is 0.333. The minimum atomic E-state index is 0.434. The summed E-state index contributed by atoms with van der Waals surface area (Å²) in [6.45, 7) is 4.95. The number of hydrogen-bond acceptors (Lipinski definition) is 3. The molecule has 6 heteroatoms. The Morgan fingerprint density at radius 2 is 2.11 bits per heavy atom. The predicted octanol–water partition coefficient (Wildman–Crippen LogP) is 4.14. The van der Waals surface area contributed by atoms with Crippen LogP contribution in [0.5, 0.6) is 11.8 Å². The van der Waals surface area contributed by atoms with E-state index in [1.54, 1.807) is 16.8 Å². The third kappa shape index (κ3) is 3.23. The summed E-state index contributed by atoms with van der Waals surface area (Å²) in [4.78, 5) is 4.19. The van der Waals surface area contributed by atoms with Crippen LogP contribution in [0.2, 0.25) is 5.02 Å². The fourth-order valence-corrected chi connectivity index (χ4v) is 1.98. The molecule has 0 amide bonds. The zero-order valence-corrected chi connectivity index (χ0v) is 12.4. The van der Waals surface area contributed by atoms with Crippen molar-refractivity contribution in [3.8, 4) is 11.8 Å². The summed E-state index contributed by atoms with van der Waals surface area (Å²) in [6, 6.07) is 7.71. The predicted molar refractivity (Wildman–Crippen MR) is 74.1 cm³/mol. The highest BCUT2D eigenvalue weighted by molar-refractivity contribution is 9.10. The average Bonchev–Trinajstić information content (AvgIpc) is 2.61. The standard InChI is InChI=1S/C12H13BrClN3O/c1-8(2)7-17-12(15-11(13)16-17)18-10-6-4-3-5-9(10)14/h3-6,8H,7H2,1-2H3. The Labute approximate surface area is 119 Å². The van der Waals surface area contributed by atoms with E-state index in [-0.39, 0.29) is 0 Å². The highest BCUT2D eigenvalue weighted by atomic mass is 79.9. The number of halogens is 2. The highest BCUT2D eigenvalue weighted by Gasteiger charge is 2.13. The Morgan fingerprint density at radius 3 is 2.78 bits per heavy atom. The summed E-state index contributed by atoms with van der Waals surface area (Å²) in [5.41, 5.74) is 0. The van der Waals surface area contributed by atoms with Crippen LogP contribution >= 0.6 is 27.5 Å². The molecule has 4 nitrogen and oxygen atoms in total. The van der Waals surface area contributed by atoms with Gasteiger partial charge in [-0.25, -0.2) is 4.68 Å². The molecule has 0 aliphatic carbocycles. The van der Waals surface area contributed by atoms with Gasteiger partial charge in [-0.2, -0.15) is 4.98 Å². The SMILES string of the molecule is CC(C)Cn1nc(Br)nc1Oc1ccccc1Cl. The van der Waals surface area contributed by atoms with Gasteiger partial charge in [0.05, 0.1) is 5.02 Å². The van der Waals surface area contributed by atoms with Crippen LogP contribution in [0, 0.1) is 5.92 Å². The Hall–Kier alpha value is -1.07. The molecule has 2 rings (SSSR count). The lowest BCUT2D eigenvalue weighted by molar-refractivity contribution is 0.371. The van der Waals surface area contributed by atoms with Gasteiger partial charge in [-0.05, 0) is 34.0 Å². The Kier molecular flexibility index (Phi) is 4.24. The highest BCUT2D eigenvalue weighted by Crippen LogP contribution is 2.28. The number of aromatic nitrogens is 3. The van der Waals surface area contributed by atoms with E-state index in [9.17, 15) is 0 Å². The Bertz CT molecular complexity index is 542. The van der Waals surface area contributed by atoms with E-state index >= 15 is 0 Å². The minimum absolute atomic E-state index is 0.434. The van der Waals surface area contributed by atoms with Gasteiger partial charge in [0, 0.05) is 6.54 Å². The molecular formula is C12H13BrClN3O. The molecule has 0 radical (unpaired) electrons. The molecule has 0 bridgehead atoms. The van der Waals surface area contributed by atoms with Crippen LogP contribution in [0.4, 0.5) is 0 Å². The van der Waals surface area contributed by atoms with E-state index in [1.165, 1.54) is 0 Å². The molecule has 2 aromatic rings. The largest absolute Gasteiger partial charge is 0.423 e. The molecule has 0 saturated carbocycles. The van der Waals surface area contributed by atoms with Crippen molar-refractivity contribution in [2.24, 2.45) is 5.92 Å². The molecule has 96 valence electrons. The molecule has 1 heterocycles. The monoisotopic (exact) mass is 329 g/mol. The number of ether oxygens (including phenoxy) is 1. The van der Waals surface area contributed by atoms with Crippen molar-refractivity contribution >= 4 is 27.5 Å². The molecule has 0 spiro atoms. The van der Waals surface area contributed by atoms with Crippen molar-refractivity contribution < 1.29 is 4.74 Å². The zero-order valence-electron chi connectivity index (χ0n) is 10.1. The minimum Gasteiger partial charge on any atom is -0.423 e. The number of rotatable bonds is 4. The quantitative estimate of drug-likeness (QED) is 0.845. The van der Waals surface area contributed by atoms with Gasteiger partial charge in [-0.15, -0.1) is 5.10 Å². The van der Waals surface area contributed by atoms with Gasteiger partial charge in [-0.3, -0.25) is 0 Å². The van der Waals surface area contributed by atoms with Gasteiger partial charge in [0.15, 0.2) is 0 Å². The summed E-state index contributed by atoms with van der Waals surface area (Å²) in [5.74, 6) is 1.02. The van der Waals surface area contributed by atoms with Gasteiger partial charge in [-0.1, -0.05) is 37.6 Å². The van der Waals surface area contributed by atoms with Crippen molar-refractivity contribution in [1.29, 1.82) is 0 Å². The van der Waals surface area contributed by atoms with Crippen molar-refractivity contribution in [3.63, 3.8) is 0 Å². The molecule has 18 heavy (non-hydrogen) atoms. The smallest absolute Gasteiger partial charge is 0.321 e. The van der Waals surface area contributed by atoms with Crippen molar-refractivity contribution in [2.75, 3.05) is 0 Å². The first-order valence-electron chi connectivity index (χ1n) is 5.59. The van der Waals surface area contributed by atoms with E-state index in [0.717, 1.165) is 6.54 Å². The first kappa shape index (κ1) is 13.4. The van der Waals surface area contributed by atoms with Gasteiger partial charge < -0.3 is 4.74 Å². The second-order valence-corrected chi connectivity index (χ2v) is 5.39. The van der Waals surface area contributed by atoms with Crippen LogP contribution in [0.25, 0.3) is 0 Å². The summed E-state index contributed by atoms with van der Waals surface area (Å²) in [6.07, 6.45) is 0. The lowest BCUT2D eigenvalue weighted by Crippen LogP contribution is -2.07. The molecule has 1 aromatic heterocycles. The number of nitrogens with zero attached hydrogens (tertiary/aromatic N) is 3. The Morgan fingerprint density at radius 1 is 1.39 bits per heavy atom. The second kappa shape index (κ2) is 5.71. The van der Waals surface area contributed by atoms with Crippen molar-refractivity contribution in [1.82, 2.24) is 14.8 Å². The molecule has 0 unspecified atom stereocenters. The normalized spacial score (nSPS) is 10.9. The maximum Gasteiger partial charge on any atom is 0.321 e. The van der Waals surface area contributed by atoms with Crippen LogP contribution < -0.4 is 4.74 Å². The molecular weight excluding hydrogens is 318 g/mol. The molecule has 0 saturated heterocycles. The van der Waals surface area contributed by atoms with Crippen LogP contribution in [0.1, 0.15) is 13.8 Å². The third-order valence-corrected chi connectivity index (χ3v) is 2.84. The van der Waals surface area contributed by atoms with E-state index in [0.29, 0.717) is 27.4 Å². The van der Waals surface area contributed by atoms with Gasteiger partial charge in [0.25, 0.3) is 0 Å². The van der Waals surface area contributed by atoms with Crippen LogP contribution in [0.3, 0.4) is 0 Å². The van der Waals surface area contributed by atoms with Gasteiger partial charge >= 0.3 is 6.01 Å². The second-order valence-electron chi connectivity index (χ2n) is 4.27. The Balaban J connectivity index is 2.26. The van der Waals surface area contributed by atoms with E-state index in [2.05, 4.69) is 39.9 Å². The summed E-state index contributed by atoms with van der Waals surface area (Å²) in [7, 11) is 0. The van der Waals surface area contributed by atoms with Crippen molar-refractivity contribution in [2.45, 2.75) is 20.4 Å². The molecule has 0 aliphatic rings. The average molecular weight is 331 g/mol. The van der Waals surface area contributed by atoms with Crippen LogP contribution in [0.15, 0.2) is 29.0 Å². The maximum atomic E-state index is 6.04. The third-order valence-electron chi connectivity index (χ3n) is 2.19. The molecule has 0 atom stereocenters. The topological polar surface area (TPSA) is 39.9 Å². The molecule has 0 aliphatic heterocycles. The van der Waals surface area contributed by atoms with E-state index in [4.69, 9.17) is 16.3 Å². The van der Waals surface area contributed by atoms with Crippen molar-refractivity contribution in [3.05, 3.63) is 34.0 Å². The maximum absolute atomic E-state index is 6.04. The fourth-order valence-electron chi connectivity index (χ4n) is 1.47. The zero-order chi connectivity index (χ0) is 13.1. The number of hydrogen-bond donors (Lipinski definition) is 0. The molecule has 0 fully saturated rings. The molecule has 1 aromatic carbocycles. The van der Waals surface area contributed by atoms with E-state index in [1.807, 2.05) is 12.1 Å². The lowest BCUT2D eigenvalue weighted by atomic mass is 10.2. The van der Waals surface area contributed by atoms with Gasteiger partial charge in [0.1, 0.15) is 5.75 Å². The first-order valence-corrected chi connectivity index (χ1v) is 6.76. The number of para-hydroxylation sites is 1. The first-order chi connectivity index (χ1) is 8.56. The summed E-state index contributed by atoms with van der Waals surface area (Å²) >= 11 is 9.29. The van der Waals surface area contributed by atoms with E-state index < -0.39 is 0 Å². The summed E-state index contributed by atoms with van der Waals surface area (Å²) < 4.78 is 7.91. The summed E-state index contributed by atoms with van der Waals surface area (Å²) in [5, 5.41) is 4.78. The lowest BCUT2D eigenvalue weighted by Gasteiger charge is -2.09. The number of benzene rings is 1.